The molecule has 1 N–H and O–H groups in total. The maximum atomic E-state index is 12.4. The molecule has 0 saturated carbocycles. The third kappa shape index (κ3) is 3.50. The van der Waals surface area contributed by atoms with Crippen molar-refractivity contribution in [2.75, 3.05) is 20.2 Å². The fourth-order valence-corrected chi connectivity index (χ4v) is 2.71. The van der Waals surface area contributed by atoms with Crippen molar-refractivity contribution in [1.82, 2.24) is 10.2 Å². The zero-order chi connectivity index (χ0) is 14.5. The second-order valence-electron chi connectivity index (χ2n) is 4.68. The van der Waals surface area contributed by atoms with Crippen LogP contribution in [0.5, 0.6) is 0 Å². The number of piperidine rings is 1. The smallest absolute Gasteiger partial charge is 0.407 e. The number of nitrogens with zero attached hydrogens (tertiary/aromatic N) is 1. The summed E-state index contributed by atoms with van der Waals surface area (Å²) in [5, 5.41) is 2.77. The number of alkyl carbamates (subject to hydrolysis) is 1. The second kappa shape index (κ2) is 6.74. The van der Waals surface area contributed by atoms with Crippen molar-refractivity contribution in [2.45, 2.75) is 18.9 Å². The Labute approximate surface area is 126 Å². The first-order valence-corrected chi connectivity index (χ1v) is 7.29. The van der Waals surface area contributed by atoms with Gasteiger partial charge in [0.1, 0.15) is 0 Å². The number of halogens is 1. The Hall–Kier alpha value is -1.56. The lowest BCUT2D eigenvalue weighted by Gasteiger charge is -2.32. The average Bonchev–Trinajstić information content (AvgIpc) is 2.47. The second-order valence-corrected chi connectivity index (χ2v) is 5.54. The first kappa shape index (κ1) is 14.8. The van der Waals surface area contributed by atoms with Crippen LogP contribution in [0.15, 0.2) is 28.7 Å². The highest BCUT2D eigenvalue weighted by Crippen LogP contribution is 2.20. The van der Waals surface area contributed by atoms with Crippen LogP contribution in [-0.4, -0.2) is 43.1 Å². The number of carbonyl (C=O) groups is 2. The minimum atomic E-state index is -0.416. The predicted octanol–water partition coefficient (Wildman–Crippen LogP) is 2.41. The van der Waals surface area contributed by atoms with E-state index >= 15 is 0 Å². The largest absolute Gasteiger partial charge is 0.453 e. The quantitative estimate of drug-likeness (QED) is 0.899. The highest BCUT2D eigenvalue weighted by molar-refractivity contribution is 9.10. The number of likely N-dealkylation sites (tertiary alicyclic amines) is 1. The van der Waals surface area contributed by atoms with Crippen molar-refractivity contribution in [3.8, 4) is 0 Å². The molecule has 1 aromatic carbocycles. The number of hydrogen-bond acceptors (Lipinski definition) is 3. The molecular formula is C14H17BrN2O3. The normalized spacial score (nSPS) is 15.8. The lowest BCUT2D eigenvalue weighted by atomic mass is 10.0. The highest BCUT2D eigenvalue weighted by Gasteiger charge is 2.25. The van der Waals surface area contributed by atoms with E-state index in [1.165, 1.54) is 7.11 Å². The topological polar surface area (TPSA) is 58.6 Å². The number of carbonyl (C=O) groups excluding carboxylic acids is 2. The van der Waals surface area contributed by atoms with Gasteiger partial charge >= 0.3 is 6.09 Å². The van der Waals surface area contributed by atoms with Crippen LogP contribution in [0.1, 0.15) is 23.2 Å². The molecule has 108 valence electrons. The van der Waals surface area contributed by atoms with Gasteiger partial charge in [-0.2, -0.15) is 0 Å². The van der Waals surface area contributed by atoms with Gasteiger partial charge in [-0.05, 0) is 40.9 Å². The molecule has 0 bridgehead atoms. The van der Waals surface area contributed by atoms with Crippen molar-refractivity contribution >= 4 is 27.9 Å². The Morgan fingerprint density at radius 2 is 1.95 bits per heavy atom. The van der Waals surface area contributed by atoms with E-state index in [-0.39, 0.29) is 11.9 Å². The van der Waals surface area contributed by atoms with Crippen molar-refractivity contribution in [2.24, 2.45) is 0 Å². The van der Waals surface area contributed by atoms with Gasteiger partial charge in [-0.1, -0.05) is 12.1 Å². The van der Waals surface area contributed by atoms with Crippen LogP contribution in [0, 0.1) is 0 Å². The van der Waals surface area contributed by atoms with E-state index in [1.54, 1.807) is 0 Å². The maximum absolute atomic E-state index is 12.4. The Morgan fingerprint density at radius 1 is 1.30 bits per heavy atom. The number of hydrogen-bond donors (Lipinski definition) is 1. The Kier molecular flexibility index (Phi) is 5.00. The van der Waals surface area contributed by atoms with Crippen LogP contribution in [0.2, 0.25) is 0 Å². The molecule has 0 unspecified atom stereocenters. The zero-order valence-electron chi connectivity index (χ0n) is 11.3. The van der Waals surface area contributed by atoms with E-state index in [9.17, 15) is 9.59 Å². The number of rotatable bonds is 2. The molecule has 1 fully saturated rings. The van der Waals surface area contributed by atoms with E-state index in [0.29, 0.717) is 18.7 Å². The standard InChI is InChI=1S/C14H17BrN2O3/c1-20-14(19)16-10-6-8-17(9-7-10)13(18)11-4-2-3-5-12(11)15/h2-5,10H,6-9H2,1H3,(H,16,19). The van der Waals surface area contributed by atoms with Crippen LogP contribution >= 0.6 is 15.9 Å². The summed E-state index contributed by atoms with van der Waals surface area (Å²) >= 11 is 3.40. The molecule has 6 heteroatoms. The number of amides is 2. The van der Waals surface area contributed by atoms with Crippen molar-refractivity contribution in [1.29, 1.82) is 0 Å². The number of nitrogens with one attached hydrogen (secondary N) is 1. The SMILES string of the molecule is COC(=O)NC1CCN(C(=O)c2ccccc2Br)CC1. The minimum absolute atomic E-state index is 0.0222. The third-order valence-corrected chi connectivity index (χ3v) is 4.09. The number of methoxy groups -OCH3 is 1. The van der Waals surface area contributed by atoms with E-state index in [2.05, 4.69) is 26.0 Å². The molecule has 1 heterocycles. The van der Waals surface area contributed by atoms with Crippen molar-refractivity contribution in [3.63, 3.8) is 0 Å². The fraction of sp³-hybridized carbons (Fsp3) is 0.429. The van der Waals surface area contributed by atoms with Crippen molar-refractivity contribution < 1.29 is 14.3 Å². The molecule has 2 amide bonds. The lowest BCUT2D eigenvalue weighted by Crippen LogP contribution is -2.46. The first-order valence-electron chi connectivity index (χ1n) is 6.50. The molecule has 20 heavy (non-hydrogen) atoms. The summed E-state index contributed by atoms with van der Waals surface area (Å²) in [6.45, 7) is 1.27. The highest BCUT2D eigenvalue weighted by atomic mass is 79.9. The Morgan fingerprint density at radius 3 is 2.55 bits per heavy atom. The van der Waals surface area contributed by atoms with Crippen LogP contribution < -0.4 is 5.32 Å². The summed E-state index contributed by atoms with van der Waals surface area (Å²) < 4.78 is 5.38. The fourth-order valence-electron chi connectivity index (χ4n) is 2.26. The Bertz CT molecular complexity index is 499. The third-order valence-electron chi connectivity index (χ3n) is 3.39. The molecule has 0 spiro atoms. The number of ether oxygens (including phenoxy) is 1. The van der Waals surface area contributed by atoms with Crippen LogP contribution in [-0.2, 0) is 4.74 Å². The van der Waals surface area contributed by atoms with Gasteiger partial charge < -0.3 is 15.0 Å². The van der Waals surface area contributed by atoms with Gasteiger partial charge in [0.2, 0.25) is 0 Å². The summed E-state index contributed by atoms with van der Waals surface area (Å²) in [6, 6.07) is 7.48. The molecule has 1 saturated heterocycles. The zero-order valence-corrected chi connectivity index (χ0v) is 12.9. The summed E-state index contributed by atoms with van der Waals surface area (Å²) in [4.78, 5) is 25.3. The molecule has 0 radical (unpaired) electrons. The van der Waals surface area contributed by atoms with Crippen LogP contribution in [0.4, 0.5) is 4.79 Å². The van der Waals surface area contributed by atoms with E-state index in [0.717, 1.165) is 17.3 Å². The summed E-state index contributed by atoms with van der Waals surface area (Å²) in [6.07, 6.45) is 1.07. The molecule has 0 aromatic heterocycles. The Balaban J connectivity index is 1.92. The van der Waals surface area contributed by atoms with Crippen LogP contribution in [0.3, 0.4) is 0 Å². The molecule has 5 nitrogen and oxygen atoms in total. The molecule has 1 aliphatic heterocycles. The van der Waals surface area contributed by atoms with Gasteiger partial charge in [0.25, 0.3) is 5.91 Å². The van der Waals surface area contributed by atoms with Crippen molar-refractivity contribution in [3.05, 3.63) is 34.3 Å². The minimum Gasteiger partial charge on any atom is -0.453 e. The lowest BCUT2D eigenvalue weighted by molar-refractivity contribution is 0.0703. The molecule has 0 aliphatic carbocycles. The average molecular weight is 341 g/mol. The van der Waals surface area contributed by atoms with E-state index in [1.807, 2.05) is 29.2 Å². The monoisotopic (exact) mass is 340 g/mol. The first-order chi connectivity index (χ1) is 9.61. The summed E-state index contributed by atoms with van der Waals surface area (Å²) in [5.41, 5.74) is 0.673. The van der Waals surface area contributed by atoms with E-state index in [4.69, 9.17) is 0 Å². The van der Waals surface area contributed by atoms with E-state index < -0.39 is 6.09 Å². The van der Waals surface area contributed by atoms with Crippen LogP contribution in [0.25, 0.3) is 0 Å². The predicted molar refractivity (Wildman–Crippen MR) is 78.6 cm³/mol. The molecule has 1 aliphatic rings. The summed E-state index contributed by atoms with van der Waals surface area (Å²) in [7, 11) is 1.35. The van der Waals surface area contributed by atoms with Gasteiger partial charge in [0, 0.05) is 23.6 Å². The van der Waals surface area contributed by atoms with Gasteiger partial charge in [-0.25, -0.2) is 4.79 Å². The molecule has 0 atom stereocenters. The van der Waals surface area contributed by atoms with Gasteiger partial charge in [-0.3, -0.25) is 4.79 Å². The number of benzene rings is 1. The molecule has 1 aromatic rings. The summed E-state index contributed by atoms with van der Waals surface area (Å²) in [5.74, 6) is 0.0222. The van der Waals surface area contributed by atoms with Gasteiger partial charge in [-0.15, -0.1) is 0 Å². The maximum Gasteiger partial charge on any atom is 0.407 e. The van der Waals surface area contributed by atoms with Gasteiger partial charge in [0.05, 0.1) is 12.7 Å². The van der Waals surface area contributed by atoms with Gasteiger partial charge in [0.15, 0.2) is 0 Å². The molecular weight excluding hydrogens is 324 g/mol. The molecule has 2 rings (SSSR count).